The van der Waals surface area contributed by atoms with Gasteiger partial charge in [-0.1, -0.05) is 56.3 Å². The zero-order valence-corrected chi connectivity index (χ0v) is 66.7. The fourth-order valence-electron chi connectivity index (χ4n) is 13.5. The first kappa shape index (κ1) is 90.2. The van der Waals surface area contributed by atoms with Crippen LogP contribution in [0.4, 0.5) is 37.9 Å². The number of nitrogens with zero attached hydrogens (tertiary/aromatic N) is 11. The Kier molecular flexibility index (Phi) is 37.4. The van der Waals surface area contributed by atoms with Gasteiger partial charge in [-0.25, -0.2) is 24.4 Å². The second-order valence-corrected chi connectivity index (χ2v) is 32.1. The molecule has 2 saturated heterocycles. The number of likely N-dealkylation sites (tertiary alicyclic amines) is 2. The lowest BCUT2D eigenvalue weighted by Gasteiger charge is -2.36. The first-order valence-corrected chi connectivity index (χ1v) is 39.6. The summed E-state index contributed by atoms with van der Waals surface area (Å²) in [6.07, 6.45) is 18.6. The van der Waals surface area contributed by atoms with Gasteiger partial charge in [-0.05, 0) is 173 Å². The third-order valence-corrected chi connectivity index (χ3v) is 18.9. The van der Waals surface area contributed by atoms with Crippen LogP contribution in [0.15, 0.2) is 33.3 Å². The number of rotatable bonds is 38. The van der Waals surface area contributed by atoms with Crippen molar-refractivity contribution in [3.05, 3.63) is 58.6 Å². The molecular formula is C78H130N18O14. The maximum Gasteiger partial charge on any atom is 0.410 e. The van der Waals surface area contributed by atoms with E-state index in [0.717, 1.165) is 117 Å². The van der Waals surface area contributed by atoms with Gasteiger partial charge >= 0.3 is 30.2 Å². The summed E-state index contributed by atoms with van der Waals surface area (Å²) in [6.45, 7) is 27.3. The van der Waals surface area contributed by atoms with Gasteiger partial charge in [0.1, 0.15) is 57.9 Å². The van der Waals surface area contributed by atoms with Crippen LogP contribution in [-0.4, -0.2) is 240 Å². The second-order valence-electron chi connectivity index (χ2n) is 32.1. The minimum Gasteiger partial charge on any atom is -0.480 e. The zero-order chi connectivity index (χ0) is 78.9. The van der Waals surface area contributed by atoms with Gasteiger partial charge in [-0.3, -0.25) is 24.1 Å². The lowest BCUT2D eigenvalue weighted by atomic mass is 9.94. The van der Waals surface area contributed by atoms with E-state index in [1.54, 1.807) is 30.6 Å². The van der Waals surface area contributed by atoms with Crippen molar-refractivity contribution in [1.82, 2.24) is 70.7 Å². The highest BCUT2D eigenvalue weighted by atomic mass is 16.6. The van der Waals surface area contributed by atoms with Gasteiger partial charge in [-0.2, -0.15) is 9.97 Å². The average molecular weight is 1540 g/mol. The molecule has 32 nitrogen and oxygen atoms in total. The summed E-state index contributed by atoms with van der Waals surface area (Å²) in [5, 5.41) is 49.9. The molecule has 4 aromatic rings. The molecule has 32 heteroatoms. The number of hydrogen-bond acceptors (Lipinski definition) is 25. The third-order valence-electron chi connectivity index (χ3n) is 18.9. The number of amides is 5. The SMILES string of the molecule is C.Cc1cc(NC2CCN(C(=O)CCN(CC(=O)O)C(=O)OC(C)(C)C)CC2)nc(NCc2cc(CCCN(CCCN(C(=O)OC(C)(C)C)C3CCCCC3)C(=O)OC(C)(C)C)on2)n1.Cc1cc(NC2CCN(C(=O)CCNCC(=O)O)CC2)nc(NCc2cc(CCCNCCCNC3CCCCC3)on2)n1. The van der Waals surface area contributed by atoms with Gasteiger partial charge in [-0.15, -0.1) is 0 Å². The van der Waals surface area contributed by atoms with Crippen molar-refractivity contribution in [2.75, 3.05) is 113 Å². The molecule has 0 aromatic carbocycles. The highest BCUT2D eigenvalue weighted by Gasteiger charge is 2.32. The second kappa shape index (κ2) is 45.6. The van der Waals surface area contributed by atoms with Crippen molar-refractivity contribution < 1.29 is 67.0 Å². The van der Waals surface area contributed by atoms with Crippen molar-refractivity contribution in [2.24, 2.45) is 0 Å². The monoisotopic (exact) mass is 1540 g/mol. The Bertz CT molecular complexity index is 3450. The number of nitrogens with one attached hydrogen (secondary N) is 7. The average Bonchev–Trinajstić information content (AvgIpc) is 1.13. The van der Waals surface area contributed by atoms with Crippen LogP contribution in [0, 0.1) is 13.8 Å². The molecule has 616 valence electrons. The van der Waals surface area contributed by atoms with Gasteiger partial charge in [0.2, 0.25) is 23.7 Å². The molecule has 5 amide bonds. The molecule has 6 heterocycles. The number of aliphatic carboxylic acids is 2. The number of piperidine rings is 2. The van der Waals surface area contributed by atoms with Crippen LogP contribution in [-0.2, 0) is 59.3 Å². The minimum atomic E-state index is -1.18. The summed E-state index contributed by atoms with van der Waals surface area (Å²) in [7, 11) is 0. The Hall–Kier alpha value is -8.65. The summed E-state index contributed by atoms with van der Waals surface area (Å²) in [6, 6.07) is 8.78. The van der Waals surface area contributed by atoms with Crippen molar-refractivity contribution in [1.29, 1.82) is 0 Å². The number of aromatic nitrogens is 6. The lowest BCUT2D eigenvalue weighted by Crippen LogP contribution is -2.46. The van der Waals surface area contributed by atoms with Gasteiger partial charge in [0, 0.05) is 144 Å². The van der Waals surface area contributed by atoms with E-state index in [1.165, 1.54) is 38.5 Å². The van der Waals surface area contributed by atoms with E-state index >= 15 is 0 Å². The number of ether oxygens (including phenoxy) is 3. The Morgan fingerprint density at radius 2 is 0.973 bits per heavy atom. The Morgan fingerprint density at radius 1 is 0.500 bits per heavy atom. The Labute approximate surface area is 650 Å². The van der Waals surface area contributed by atoms with Gasteiger partial charge in [0.15, 0.2) is 0 Å². The van der Waals surface area contributed by atoms with Crippen molar-refractivity contribution in [2.45, 2.75) is 279 Å². The van der Waals surface area contributed by atoms with Crippen LogP contribution in [0.25, 0.3) is 0 Å². The molecule has 0 unspecified atom stereocenters. The zero-order valence-electron chi connectivity index (χ0n) is 66.7. The maximum atomic E-state index is 13.3. The van der Waals surface area contributed by atoms with Crippen LogP contribution in [0.2, 0.25) is 0 Å². The molecule has 2 aliphatic heterocycles. The number of carbonyl (C=O) groups excluding carboxylic acids is 5. The predicted molar refractivity (Wildman–Crippen MR) is 421 cm³/mol. The van der Waals surface area contributed by atoms with Crippen LogP contribution < -0.4 is 37.2 Å². The summed E-state index contributed by atoms with van der Waals surface area (Å²) >= 11 is 0. The van der Waals surface area contributed by atoms with E-state index in [9.17, 15) is 38.7 Å². The van der Waals surface area contributed by atoms with Crippen LogP contribution in [0.5, 0.6) is 0 Å². The van der Waals surface area contributed by atoms with E-state index in [0.29, 0.717) is 133 Å². The molecule has 4 fully saturated rings. The van der Waals surface area contributed by atoms with Gasteiger partial charge in [0.25, 0.3) is 0 Å². The number of carboxylic acids is 2. The number of anilines is 4. The van der Waals surface area contributed by atoms with E-state index in [4.69, 9.17) is 28.4 Å². The van der Waals surface area contributed by atoms with Crippen LogP contribution in [0.3, 0.4) is 0 Å². The van der Waals surface area contributed by atoms with Crippen LogP contribution >= 0.6 is 0 Å². The number of hydrogen-bond donors (Lipinski definition) is 9. The van der Waals surface area contributed by atoms with Crippen molar-refractivity contribution in [3.8, 4) is 0 Å². The Balaban J connectivity index is 0.000000365. The lowest BCUT2D eigenvalue weighted by molar-refractivity contribution is -0.139. The summed E-state index contributed by atoms with van der Waals surface area (Å²) in [5.41, 5.74) is 1.05. The predicted octanol–water partition coefficient (Wildman–Crippen LogP) is 11.0. The molecule has 4 aliphatic rings. The molecule has 2 aliphatic carbocycles. The molecule has 0 bridgehead atoms. The van der Waals surface area contributed by atoms with E-state index in [-0.39, 0.29) is 63.0 Å². The number of aryl methyl sites for hydroxylation is 4. The summed E-state index contributed by atoms with van der Waals surface area (Å²) in [4.78, 5) is 113. The highest BCUT2D eigenvalue weighted by molar-refractivity contribution is 5.80. The first-order chi connectivity index (χ1) is 51.9. The Morgan fingerprint density at radius 3 is 1.48 bits per heavy atom. The van der Waals surface area contributed by atoms with Gasteiger partial charge < -0.3 is 90.3 Å². The van der Waals surface area contributed by atoms with Crippen LogP contribution in [0.1, 0.15) is 232 Å². The van der Waals surface area contributed by atoms with Gasteiger partial charge in [0.05, 0.1) is 19.6 Å². The molecule has 0 atom stereocenters. The molecule has 8 rings (SSSR count). The molecular weight excluding hydrogens is 1410 g/mol. The molecule has 0 radical (unpaired) electrons. The largest absolute Gasteiger partial charge is 0.480 e. The third kappa shape index (κ3) is 35.1. The molecule has 2 saturated carbocycles. The quantitative estimate of drug-likeness (QED) is 0.0149. The molecule has 110 heavy (non-hydrogen) atoms. The fraction of sp³-hybridized carbons (Fsp3) is 0.731. The van der Waals surface area contributed by atoms with E-state index in [1.807, 2.05) is 89.5 Å². The highest BCUT2D eigenvalue weighted by Crippen LogP contribution is 2.27. The smallest absolute Gasteiger partial charge is 0.410 e. The fourth-order valence-corrected chi connectivity index (χ4v) is 13.5. The minimum absolute atomic E-state index is 0. The normalized spacial score (nSPS) is 15.5. The summed E-state index contributed by atoms with van der Waals surface area (Å²) < 4.78 is 28.1. The van der Waals surface area contributed by atoms with E-state index < -0.39 is 47.5 Å². The summed E-state index contributed by atoms with van der Waals surface area (Å²) in [5.74, 6) is 1.69. The maximum absolute atomic E-state index is 13.3. The van der Waals surface area contributed by atoms with Crippen molar-refractivity contribution >= 4 is 65.6 Å². The number of carboxylic acid groups (broad SMARTS) is 2. The standard InChI is InChI=1S/C46H75N9O10.C31H51N9O4.CH4/c1-32-28-37(49-33-19-25-52(26-20-33)38(56)21-27-54(31-39(57)58)42(60)63-45(5,6)7)50-40(48-32)47-30-34-29-36(65-51-34)18-14-22-53(41(59)62-44(2,3)4)23-15-24-55(35-16-12-11-13-17-35)43(61)64-46(8,9)10;1-23-19-28(37-25-11-17-40(18-12-25)29(41)10-16-33-22-30(42)43)38-31(36-23)35-21-26-20-27(44-39-26)9-5-13-32-14-6-15-34-24-7-3-2-4-8-24;/h28-29,33,35H,11-27,30-31H2,1-10H3,(H,57,58)(H2,47,48,49,50);19-20,24-25,32-34H,2-18,21-22H2,1H3,(H,42,43)(H2,35,36,37,38);1H4. The molecule has 9 N–H and O–H groups in total. The number of carbonyl (C=O) groups is 7. The molecule has 4 aromatic heterocycles. The molecule has 0 spiro atoms. The topological polar surface area (TPSA) is 392 Å². The van der Waals surface area contributed by atoms with Crippen molar-refractivity contribution in [3.63, 3.8) is 0 Å². The first-order valence-electron chi connectivity index (χ1n) is 39.6. The van der Waals surface area contributed by atoms with E-state index in [2.05, 4.69) is 67.5 Å².